The van der Waals surface area contributed by atoms with Gasteiger partial charge < -0.3 is 9.64 Å². The van der Waals surface area contributed by atoms with E-state index < -0.39 is 0 Å². The van der Waals surface area contributed by atoms with E-state index in [1.54, 1.807) is 0 Å². The van der Waals surface area contributed by atoms with Crippen LogP contribution in [0.25, 0.3) is 0 Å². The normalized spacial score (nSPS) is 30.2. The third kappa shape index (κ3) is 2.39. The highest BCUT2D eigenvalue weighted by atomic mass is 16.5. The highest BCUT2D eigenvalue weighted by molar-refractivity contribution is 5.85. The molecule has 1 heterocycles. The lowest BCUT2D eigenvalue weighted by molar-refractivity contribution is -0.144. The number of hydrogen-bond acceptors (Lipinski definition) is 2. The van der Waals surface area contributed by atoms with E-state index in [1.807, 2.05) is 24.8 Å². The summed E-state index contributed by atoms with van der Waals surface area (Å²) in [5.74, 6) is 0.348. The third-order valence-corrected chi connectivity index (χ3v) is 4.16. The van der Waals surface area contributed by atoms with Crippen molar-refractivity contribution in [2.24, 2.45) is 0 Å². The first-order chi connectivity index (χ1) is 9.15. The van der Waals surface area contributed by atoms with Crippen LogP contribution in [0.5, 0.6) is 0 Å². The number of benzene rings is 1. The molecule has 1 amide bonds. The van der Waals surface area contributed by atoms with E-state index in [0.29, 0.717) is 0 Å². The van der Waals surface area contributed by atoms with Gasteiger partial charge in [0.1, 0.15) is 0 Å². The summed E-state index contributed by atoms with van der Waals surface area (Å²) < 4.78 is 5.70. The van der Waals surface area contributed by atoms with Crippen LogP contribution < -0.4 is 0 Å². The van der Waals surface area contributed by atoms with Gasteiger partial charge >= 0.3 is 0 Å². The monoisotopic (exact) mass is 259 g/mol. The molecule has 1 aromatic rings. The van der Waals surface area contributed by atoms with Crippen LogP contribution in [0.2, 0.25) is 0 Å². The van der Waals surface area contributed by atoms with Gasteiger partial charge in [-0.3, -0.25) is 4.79 Å². The first-order valence-corrected chi connectivity index (χ1v) is 7.17. The second-order valence-electron chi connectivity index (χ2n) is 5.79. The molecule has 0 N–H and O–H groups in total. The van der Waals surface area contributed by atoms with Crippen LogP contribution in [0.15, 0.2) is 24.3 Å². The standard InChI is InChI=1S/C16H21NO2/c1-11-9-17(10-12(2)19-11)16(18)15-8-7-13-5-3-4-6-14(13)15/h3-6,11-12,15H,7-10H2,1-2H3/t11-,12+,15?. The first-order valence-electron chi connectivity index (χ1n) is 7.17. The second kappa shape index (κ2) is 4.97. The summed E-state index contributed by atoms with van der Waals surface area (Å²) in [6.45, 7) is 5.53. The van der Waals surface area contributed by atoms with Crippen LogP contribution in [-0.2, 0) is 16.0 Å². The highest BCUT2D eigenvalue weighted by Crippen LogP contribution is 2.34. The Kier molecular flexibility index (Phi) is 3.31. The van der Waals surface area contributed by atoms with Crippen molar-refractivity contribution in [2.45, 2.75) is 44.8 Å². The molecule has 0 bridgehead atoms. The van der Waals surface area contributed by atoms with E-state index in [-0.39, 0.29) is 24.0 Å². The first kappa shape index (κ1) is 12.7. The van der Waals surface area contributed by atoms with Crippen LogP contribution in [0.1, 0.15) is 37.3 Å². The molecule has 1 saturated heterocycles. The van der Waals surface area contributed by atoms with Crippen molar-refractivity contribution in [1.82, 2.24) is 4.90 Å². The van der Waals surface area contributed by atoms with Crippen LogP contribution >= 0.6 is 0 Å². The van der Waals surface area contributed by atoms with Gasteiger partial charge in [0.25, 0.3) is 0 Å². The number of hydrogen-bond donors (Lipinski definition) is 0. The Balaban J connectivity index is 1.78. The molecular formula is C16H21NO2. The number of aryl methyl sites for hydroxylation is 1. The molecule has 0 spiro atoms. The Morgan fingerprint density at radius 1 is 1.21 bits per heavy atom. The lowest BCUT2D eigenvalue weighted by atomic mass is 9.99. The summed E-state index contributed by atoms with van der Waals surface area (Å²) >= 11 is 0. The van der Waals surface area contributed by atoms with Crippen molar-refractivity contribution in [2.75, 3.05) is 13.1 Å². The fourth-order valence-electron chi connectivity index (χ4n) is 3.39. The molecule has 3 nitrogen and oxygen atoms in total. The average Bonchev–Trinajstić information content (AvgIpc) is 2.80. The summed E-state index contributed by atoms with van der Waals surface area (Å²) in [5.41, 5.74) is 2.58. The van der Waals surface area contributed by atoms with E-state index in [9.17, 15) is 4.79 Å². The Labute approximate surface area is 114 Å². The molecule has 1 fully saturated rings. The molecule has 3 rings (SSSR count). The molecule has 0 saturated carbocycles. The average molecular weight is 259 g/mol. The topological polar surface area (TPSA) is 29.5 Å². The van der Waals surface area contributed by atoms with Gasteiger partial charge in [0.15, 0.2) is 0 Å². The van der Waals surface area contributed by atoms with E-state index in [1.165, 1.54) is 11.1 Å². The molecule has 3 heteroatoms. The smallest absolute Gasteiger partial charge is 0.230 e. The van der Waals surface area contributed by atoms with Gasteiger partial charge in [0.2, 0.25) is 5.91 Å². The Hall–Kier alpha value is -1.35. The lowest BCUT2D eigenvalue weighted by Crippen LogP contribution is -2.49. The SMILES string of the molecule is C[C@@H]1CN(C(=O)C2CCc3ccccc32)C[C@H](C)O1. The second-order valence-corrected chi connectivity index (χ2v) is 5.79. The van der Waals surface area contributed by atoms with E-state index in [2.05, 4.69) is 18.2 Å². The zero-order chi connectivity index (χ0) is 13.4. The van der Waals surface area contributed by atoms with Crippen LogP contribution in [0.3, 0.4) is 0 Å². The molecule has 19 heavy (non-hydrogen) atoms. The molecule has 0 radical (unpaired) electrons. The summed E-state index contributed by atoms with van der Waals surface area (Å²) in [6, 6.07) is 8.35. The van der Waals surface area contributed by atoms with Gasteiger partial charge in [-0.25, -0.2) is 0 Å². The maximum absolute atomic E-state index is 12.7. The zero-order valence-corrected chi connectivity index (χ0v) is 11.6. The Morgan fingerprint density at radius 3 is 2.63 bits per heavy atom. The number of morpholine rings is 1. The summed E-state index contributed by atoms with van der Waals surface area (Å²) in [5, 5.41) is 0. The van der Waals surface area contributed by atoms with E-state index >= 15 is 0 Å². The zero-order valence-electron chi connectivity index (χ0n) is 11.6. The predicted octanol–water partition coefficient (Wildman–Crippen LogP) is 2.35. The van der Waals surface area contributed by atoms with E-state index in [0.717, 1.165) is 25.9 Å². The fourth-order valence-corrected chi connectivity index (χ4v) is 3.39. The number of nitrogens with zero attached hydrogens (tertiary/aromatic N) is 1. The van der Waals surface area contributed by atoms with Gasteiger partial charge in [-0.05, 0) is 37.8 Å². The Morgan fingerprint density at radius 2 is 1.89 bits per heavy atom. The number of carbonyl (C=O) groups is 1. The molecule has 102 valence electrons. The van der Waals surface area contributed by atoms with Crippen molar-refractivity contribution in [3.05, 3.63) is 35.4 Å². The quantitative estimate of drug-likeness (QED) is 0.775. The summed E-state index contributed by atoms with van der Waals surface area (Å²) in [7, 11) is 0. The number of ether oxygens (including phenoxy) is 1. The van der Waals surface area contributed by atoms with Gasteiger partial charge in [-0.15, -0.1) is 0 Å². The fraction of sp³-hybridized carbons (Fsp3) is 0.562. The van der Waals surface area contributed by atoms with Crippen LogP contribution in [0.4, 0.5) is 0 Å². The van der Waals surface area contributed by atoms with Crippen molar-refractivity contribution < 1.29 is 9.53 Å². The molecule has 1 unspecified atom stereocenters. The number of fused-ring (bicyclic) bond motifs is 1. The number of rotatable bonds is 1. The van der Waals surface area contributed by atoms with Crippen molar-refractivity contribution >= 4 is 5.91 Å². The van der Waals surface area contributed by atoms with Gasteiger partial charge in [-0.1, -0.05) is 24.3 Å². The van der Waals surface area contributed by atoms with Gasteiger partial charge in [0.05, 0.1) is 18.1 Å². The molecule has 0 aromatic heterocycles. The van der Waals surface area contributed by atoms with Crippen molar-refractivity contribution in [3.8, 4) is 0 Å². The minimum Gasteiger partial charge on any atom is -0.372 e. The predicted molar refractivity (Wildman–Crippen MR) is 74.1 cm³/mol. The number of carbonyl (C=O) groups excluding carboxylic acids is 1. The molecule has 1 aliphatic carbocycles. The Bertz CT molecular complexity index is 475. The molecule has 1 aromatic carbocycles. The van der Waals surface area contributed by atoms with Crippen molar-refractivity contribution in [1.29, 1.82) is 0 Å². The largest absolute Gasteiger partial charge is 0.372 e. The molecule has 2 aliphatic rings. The maximum atomic E-state index is 12.7. The lowest BCUT2D eigenvalue weighted by Gasteiger charge is -2.36. The van der Waals surface area contributed by atoms with Gasteiger partial charge in [-0.2, -0.15) is 0 Å². The molecular weight excluding hydrogens is 238 g/mol. The van der Waals surface area contributed by atoms with Crippen LogP contribution in [0, 0.1) is 0 Å². The minimum absolute atomic E-state index is 0.0636. The highest BCUT2D eigenvalue weighted by Gasteiger charge is 2.34. The van der Waals surface area contributed by atoms with Gasteiger partial charge in [0, 0.05) is 13.1 Å². The van der Waals surface area contributed by atoms with Crippen molar-refractivity contribution in [3.63, 3.8) is 0 Å². The van der Waals surface area contributed by atoms with Crippen LogP contribution in [-0.4, -0.2) is 36.1 Å². The summed E-state index contributed by atoms with van der Waals surface area (Å²) in [4.78, 5) is 14.7. The molecule has 1 aliphatic heterocycles. The molecule has 3 atom stereocenters. The minimum atomic E-state index is 0.0636. The number of amides is 1. The summed E-state index contributed by atoms with van der Waals surface area (Å²) in [6.07, 6.45) is 2.27. The third-order valence-electron chi connectivity index (χ3n) is 4.16. The van der Waals surface area contributed by atoms with E-state index in [4.69, 9.17) is 4.74 Å². The maximum Gasteiger partial charge on any atom is 0.230 e.